The largest absolute Gasteiger partial charge is 0.382 e. The number of rotatable bonds is 6. The van der Waals surface area contributed by atoms with Crippen LogP contribution in [-0.4, -0.2) is 36.5 Å². The van der Waals surface area contributed by atoms with Crippen molar-refractivity contribution in [3.8, 4) is 0 Å². The van der Waals surface area contributed by atoms with Gasteiger partial charge in [-0.05, 0) is 19.1 Å². The van der Waals surface area contributed by atoms with Crippen molar-refractivity contribution in [2.24, 2.45) is 0 Å². The zero-order valence-electron chi connectivity index (χ0n) is 12.1. The number of aromatic nitrogens is 2. The standard InChI is InChI=1S/C14H17ClF2N2O2/c1-8(15)14-18-11-5-4-10(16)12(17)13(11)19(14)6-9(21-3)7-20-2/h4-5,8-9H,6-7H2,1-3H3. The molecule has 2 atom stereocenters. The lowest BCUT2D eigenvalue weighted by molar-refractivity contribution is 0.0185. The first-order valence-electron chi connectivity index (χ1n) is 6.49. The van der Waals surface area contributed by atoms with E-state index in [1.54, 1.807) is 18.6 Å². The minimum absolute atomic E-state index is 0.0932. The smallest absolute Gasteiger partial charge is 0.184 e. The summed E-state index contributed by atoms with van der Waals surface area (Å²) in [5, 5.41) is -0.445. The third-order valence-corrected chi connectivity index (χ3v) is 3.45. The SMILES string of the molecule is COCC(Cn1c(C(C)Cl)nc2ccc(F)c(F)c21)OC. The quantitative estimate of drug-likeness (QED) is 0.767. The molecule has 116 valence electrons. The Hall–Kier alpha value is -1.24. The van der Waals surface area contributed by atoms with Gasteiger partial charge in [-0.2, -0.15) is 0 Å². The number of benzene rings is 1. The fourth-order valence-corrected chi connectivity index (χ4v) is 2.41. The van der Waals surface area contributed by atoms with Crippen molar-refractivity contribution in [3.05, 3.63) is 29.6 Å². The number of hydrogen-bond acceptors (Lipinski definition) is 3. The minimum atomic E-state index is -0.934. The summed E-state index contributed by atoms with van der Waals surface area (Å²) in [4.78, 5) is 4.29. The van der Waals surface area contributed by atoms with Crippen LogP contribution in [-0.2, 0) is 16.0 Å². The van der Waals surface area contributed by atoms with Crippen molar-refractivity contribution >= 4 is 22.6 Å². The molecule has 1 aromatic carbocycles. The van der Waals surface area contributed by atoms with Crippen molar-refractivity contribution < 1.29 is 18.3 Å². The van der Waals surface area contributed by atoms with E-state index >= 15 is 0 Å². The van der Waals surface area contributed by atoms with Crippen molar-refractivity contribution in [1.29, 1.82) is 0 Å². The number of fused-ring (bicyclic) bond motifs is 1. The van der Waals surface area contributed by atoms with Crippen molar-refractivity contribution in [3.63, 3.8) is 0 Å². The van der Waals surface area contributed by atoms with E-state index in [1.165, 1.54) is 13.2 Å². The first kappa shape index (κ1) is 16.1. The van der Waals surface area contributed by atoms with Crippen LogP contribution in [0.5, 0.6) is 0 Å². The lowest BCUT2D eigenvalue weighted by Crippen LogP contribution is -2.25. The molecule has 0 spiro atoms. The van der Waals surface area contributed by atoms with Gasteiger partial charge in [0.15, 0.2) is 11.6 Å². The summed E-state index contributed by atoms with van der Waals surface area (Å²) in [5.41, 5.74) is 0.458. The number of ether oxygens (including phenoxy) is 2. The summed E-state index contributed by atoms with van der Waals surface area (Å²) in [5.74, 6) is -1.39. The lowest BCUT2D eigenvalue weighted by Gasteiger charge is -2.18. The van der Waals surface area contributed by atoms with E-state index in [9.17, 15) is 8.78 Å². The summed E-state index contributed by atoms with van der Waals surface area (Å²) >= 11 is 6.10. The van der Waals surface area contributed by atoms with Gasteiger partial charge in [0, 0.05) is 14.2 Å². The molecule has 0 aliphatic heterocycles. The molecule has 7 heteroatoms. The Kier molecular flexibility index (Phi) is 5.13. The number of alkyl halides is 1. The lowest BCUT2D eigenvalue weighted by atomic mass is 10.2. The summed E-state index contributed by atoms with van der Waals surface area (Å²) in [6, 6.07) is 2.49. The second kappa shape index (κ2) is 6.68. The van der Waals surface area contributed by atoms with Crippen LogP contribution < -0.4 is 0 Å². The molecule has 4 nitrogen and oxygen atoms in total. The van der Waals surface area contributed by atoms with E-state index in [1.807, 2.05) is 0 Å². The Morgan fingerprint density at radius 2 is 2.05 bits per heavy atom. The average Bonchev–Trinajstić information content (AvgIpc) is 2.82. The summed E-state index contributed by atoms with van der Waals surface area (Å²) in [6.45, 7) is 2.32. The van der Waals surface area contributed by atoms with Crippen LogP contribution in [0, 0.1) is 11.6 Å². The van der Waals surface area contributed by atoms with E-state index in [-0.39, 0.29) is 18.2 Å². The van der Waals surface area contributed by atoms with Gasteiger partial charge in [-0.1, -0.05) is 0 Å². The molecular weight excluding hydrogens is 302 g/mol. The highest BCUT2D eigenvalue weighted by molar-refractivity contribution is 6.20. The fourth-order valence-electron chi connectivity index (χ4n) is 2.25. The molecule has 2 aromatic rings. The van der Waals surface area contributed by atoms with Gasteiger partial charge in [0.05, 0.1) is 30.1 Å². The molecule has 0 aliphatic carbocycles. The zero-order chi connectivity index (χ0) is 15.6. The predicted molar refractivity (Wildman–Crippen MR) is 76.6 cm³/mol. The Morgan fingerprint density at radius 1 is 1.33 bits per heavy atom. The predicted octanol–water partition coefficient (Wildman–Crippen LogP) is 3.28. The van der Waals surface area contributed by atoms with Gasteiger partial charge in [0.2, 0.25) is 0 Å². The Labute approximate surface area is 126 Å². The van der Waals surface area contributed by atoms with Crippen LogP contribution in [0.25, 0.3) is 11.0 Å². The van der Waals surface area contributed by atoms with Gasteiger partial charge >= 0.3 is 0 Å². The van der Waals surface area contributed by atoms with E-state index in [2.05, 4.69) is 4.98 Å². The number of halogens is 3. The minimum Gasteiger partial charge on any atom is -0.382 e. The highest BCUT2D eigenvalue weighted by Crippen LogP contribution is 2.28. The molecule has 2 rings (SSSR count). The maximum atomic E-state index is 14.1. The third kappa shape index (κ3) is 3.17. The monoisotopic (exact) mass is 318 g/mol. The molecule has 0 N–H and O–H groups in total. The molecule has 0 radical (unpaired) electrons. The highest BCUT2D eigenvalue weighted by atomic mass is 35.5. The molecule has 21 heavy (non-hydrogen) atoms. The van der Waals surface area contributed by atoms with Gasteiger partial charge in [0.1, 0.15) is 11.3 Å². The van der Waals surface area contributed by atoms with Crippen LogP contribution >= 0.6 is 11.6 Å². The molecule has 1 aromatic heterocycles. The number of imidazole rings is 1. The van der Waals surface area contributed by atoms with Crippen molar-refractivity contribution in [2.75, 3.05) is 20.8 Å². The first-order valence-corrected chi connectivity index (χ1v) is 6.93. The second-order valence-electron chi connectivity index (χ2n) is 4.74. The van der Waals surface area contributed by atoms with Gasteiger partial charge < -0.3 is 14.0 Å². The number of methoxy groups -OCH3 is 2. The van der Waals surface area contributed by atoms with Gasteiger partial charge in [-0.3, -0.25) is 0 Å². The van der Waals surface area contributed by atoms with Crippen LogP contribution in [0.1, 0.15) is 18.1 Å². The van der Waals surface area contributed by atoms with Crippen molar-refractivity contribution in [2.45, 2.75) is 24.9 Å². The molecule has 1 heterocycles. The van der Waals surface area contributed by atoms with Crippen LogP contribution in [0.3, 0.4) is 0 Å². The van der Waals surface area contributed by atoms with E-state index in [0.29, 0.717) is 17.9 Å². The molecule has 2 unspecified atom stereocenters. The Balaban J connectivity index is 2.57. The topological polar surface area (TPSA) is 36.3 Å². The Morgan fingerprint density at radius 3 is 2.62 bits per heavy atom. The van der Waals surface area contributed by atoms with Gasteiger partial charge in [0.25, 0.3) is 0 Å². The molecule has 0 bridgehead atoms. The summed E-state index contributed by atoms with van der Waals surface area (Å²) in [6.07, 6.45) is -0.316. The summed E-state index contributed by atoms with van der Waals surface area (Å²) in [7, 11) is 3.08. The average molecular weight is 319 g/mol. The highest BCUT2D eigenvalue weighted by Gasteiger charge is 2.22. The zero-order valence-corrected chi connectivity index (χ0v) is 12.8. The molecule has 0 saturated heterocycles. The van der Waals surface area contributed by atoms with Crippen LogP contribution in [0.15, 0.2) is 12.1 Å². The van der Waals surface area contributed by atoms with Gasteiger partial charge in [-0.25, -0.2) is 13.8 Å². The summed E-state index contributed by atoms with van der Waals surface area (Å²) < 4.78 is 39.5. The second-order valence-corrected chi connectivity index (χ2v) is 5.39. The number of hydrogen-bond donors (Lipinski definition) is 0. The normalized spacial score (nSPS) is 14.6. The first-order chi connectivity index (χ1) is 9.99. The number of nitrogens with zero attached hydrogens (tertiary/aromatic N) is 2. The van der Waals surface area contributed by atoms with E-state index < -0.39 is 17.0 Å². The molecule has 0 saturated carbocycles. The van der Waals surface area contributed by atoms with Crippen LogP contribution in [0.4, 0.5) is 8.78 Å². The molecule has 0 aliphatic rings. The fraction of sp³-hybridized carbons (Fsp3) is 0.500. The van der Waals surface area contributed by atoms with Crippen molar-refractivity contribution in [1.82, 2.24) is 9.55 Å². The maximum Gasteiger partial charge on any atom is 0.184 e. The molecule has 0 fully saturated rings. The molecule has 0 amide bonds. The van der Waals surface area contributed by atoms with Crippen LogP contribution in [0.2, 0.25) is 0 Å². The van der Waals surface area contributed by atoms with E-state index in [4.69, 9.17) is 21.1 Å². The van der Waals surface area contributed by atoms with E-state index in [0.717, 1.165) is 6.07 Å². The molecular formula is C14H17ClF2N2O2. The van der Waals surface area contributed by atoms with Gasteiger partial charge in [-0.15, -0.1) is 11.6 Å². The maximum absolute atomic E-state index is 14.1. The third-order valence-electron chi connectivity index (χ3n) is 3.26. The Bertz CT molecular complexity index is 631.